The van der Waals surface area contributed by atoms with Crippen LogP contribution in [0.1, 0.15) is 51.9 Å². The van der Waals surface area contributed by atoms with Crippen molar-refractivity contribution in [2.75, 3.05) is 0 Å². The van der Waals surface area contributed by atoms with Gasteiger partial charge >= 0.3 is 0 Å². The van der Waals surface area contributed by atoms with Gasteiger partial charge in [-0.05, 0) is 18.6 Å². The fourth-order valence-corrected chi connectivity index (χ4v) is 2.02. The van der Waals surface area contributed by atoms with Crippen molar-refractivity contribution in [2.24, 2.45) is 0 Å². The van der Waals surface area contributed by atoms with Gasteiger partial charge in [0.25, 0.3) is 0 Å². The number of aldehydes is 1. The number of rotatable bonds is 7. The Kier molecular flexibility index (Phi) is 9.12. The van der Waals surface area contributed by atoms with Gasteiger partial charge in [-0.15, -0.1) is 0 Å². The molecule has 0 saturated heterocycles. The molecule has 20 heavy (non-hydrogen) atoms. The van der Waals surface area contributed by atoms with Gasteiger partial charge in [-0.1, -0.05) is 63.3 Å². The van der Waals surface area contributed by atoms with Gasteiger partial charge in [0, 0.05) is 18.0 Å². The standard InChI is InChI=1S/C9H7N.C9H18O/c1-2-6-9-8(4-1)5-3-7-10-9;1-2-3-4-5-6-7-8-9-10/h1-7H;9H,2-8H2,1H3. The topological polar surface area (TPSA) is 30.0 Å². The minimum Gasteiger partial charge on any atom is -0.303 e. The number of hydrogen-bond acceptors (Lipinski definition) is 2. The van der Waals surface area contributed by atoms with Crippen molar-refractivity contribution in [3.63, 3.8) is 0 Å². The third kappa shape index (κ3) is 7.03. The lowest BCUT2D eigenvalue weighted by molar-refractivity contribution is -0.107. The molecule has 0 unspecified atom stereocenters. The molecule has 1 aromatic carbocycles. The highest BCUT2D eigenvalue weighted by molar-refractivity contribution is 5.77. The minimum atomic E-state index is 0.756. The van der Waals surface area contributed by atoms with Gasteiger partial charge in [-0.25, -0.2) is 0 Å². The van der Waals surface area contributed by atoms with Crippen molar-refractivity contribution in [3.05, 3.63) is 42.6 Å². The Labute approximate surface area is 122 Å². The summed E-state index contributed by atoms with van der Waals surface area (Å²) in [6, 6.07) is 12.1. The highest BCUT2D eigenvalue weighted by atomic mass is 16.1. The maximum Gasteiger partial charge on any atom is 0.119 e. The Morgan fingerprint density at radius 3 is 2.40 bits per heavy atom. The third-order valence-corrected chi connectivity index (χ3v) is 3.19. The molecular weight excluding hydrogens is 246 g/mol. The van der Waals surface area contributed by atoms with Crippen molar-refractivity contribution in [2.45, 2.75) is 51.9 Å². The highest BCUT2D eigenvalue weighted by Crippen LogP contribution is 2.08. The summed E-state index contributed by atoms with van der Waals surface area (Å²) in [7, 11) is 0. The molecule has 1 aromatic heterocycles. The number of nitrogens with zero attached hydrogens (tertiary/aromatic N) is 1. The molecule has 0 aliphatic carbocycles. The lowest BCUT2D eigenvalue weighted by Gasteiger charge is -1.95. The lowest BCUT2D eigenvalue weighted by atomic mass is 10.1. The molecule has 0 bridgehead atoms. The molecule has 0 saturated carbocycles. The van der Waals surface area contributed by atoms with Gasteiger partial charge in [0.1, 0.15) is 6.29 Å². The third-order valence-electron chi connectivity index (χ3n) is 3.19. The van der Waals surface area contributed by atoms with Gasteiger partial charge in [-0.2, -0.15) is 0 Å². The molecule has 0 aliphatic rings. The van der Waals surface area contributed by atoms with Gasteiger partial charge in [0.2, 0.25) is 0 Å². The Morgan fingerprint density at radius 2 is 1.65 bits per heavy atom. The van der Waals surface area contributed by atoms with E-state index in [0.717, 1.165) is 24.6 Å². The van der Waals surface area contributed by atoms with E-state index in [2.05, 4.69) is 24.0 Å². The molecule has 0 spiro atoms. The van der Waals surface area contributed by atoms with Crippen molar-refractivity contribution in [1.82, 2.24) is 4.98 Å². The van der Waals surface area contributed by atoms with E-state index in [1.165, 1.54) is 37.5 Å². The summed E-state index contributed by atoms with van der Waals surface area (Å²) in [4.78, 5) is 14.1. The SMILES string of the molecule is CCCCCCCCC=O.c1ccc2ncccc2c1. The maximum atomic E-state index is 9.89. The molecule has 0 N–H and O–H groups in total. The number of carbonyl (C=O) groups is 1. The first-order valence-electron chi connectivity index (χ1n) is 7.62. The van der Waals surface area contributed by atoms with Crippen LogP contribution in [0.15, 0.2) is 42.6 Å². The predicted octanol–water partition coefficient (Wildman–Crippen LogP) is 5.17. The number of pyridine rings is 1. The maximum absolute atomic E-state index is 9.89. The van der Waals surface area contributed by atoms with E-state index >= 15 is 0 Å². The Morgan fingerprint density at radius 1 is 0.950 bits per heavy atom. The van der Waals surface area contributed by atoms with Crippen LogP contribution in [0.3, 0.4) is 0 Å². The monoisotopic (exact) mass is 271 g/mol. The largest absolute Gasteiger partial charge is 0.303 e. The molecular formula is C18H25NO. The molecule has 0 radical (unpaired) electrons. The first-order chi connectivity index (χ1) is 9.88. The summed E-state index contributed by atoms with van der Waals surface area (Å²) in [5.41, 5.74) is 1.06. The van der Waals surface area contributed by atoms with E-state index in [9.17, 15) is 4.79 Å². The Hall–Kier alpha value is -1.70. The molecule has 1 heterocycles. The van der Waals surface area contributed by atoms with E-state index in [4.69, 9.17) is 0 Å². The molecule has 2 rings (SSSR count). The molecule has 2 aromatic rings. The first-order valence-corrected chi connectivity index (χ1v) is 7.62. The molecule has 0 atom stereocenters. The van der Waals surface area contributed by atoms with E-state index in [0.29, 0.717) is 0 Å². The molecule has 2 nitrogen and oxygen atoms in total. The molecule has 2 heteroatoms. The summed E-state index contributed by atoms with van der Waals surface area (Å²) >= 11 is 0. The number of unbranched alkanes of at least 4 members (excludes halogenated alkanes) is 6. The molecule has 108 valence electrons. The Balaban J connectivity index is 0.000000200. The van der Waals surface area contributed by atoms with Crippen molar-refractivity contribution in [1.29, 1.82) is 0 Å². The minimum absolute atomic E-state index is 0.756. The van der Waals surface area contributed by atoms with Crippen LogP contribution in [-0.4, -0.2) is 11.3 Å². The normalized spacial score (nSPS) is 9.85. The van der Waals surface area contributed by atoms with Crippen LogP contribution in [0.5, 0.6) is 0 Å². The second-order valence-corrected chi connectivity index (χ2v) is 4.92. The van der Waals surface area contributed by atoms with Crippen molar-refractivity contribution in [3.8, 4) is 0 Å². The highest BCUT2D eigenvalue weighted by Gasteiger charge is 1.88. The van der Waals surface area contributed by atoms with Crippen LogP contribution in [0.4, 0.5) is 0 Å². The first kappa shape index (κ1) is 16.4. The number of benzene rings is 1. The zero-order chi connectivity index (χ0) is 14.5. The van der Waals surface area contributed by atoms with Gasteiger partial charge in [-0.3, -0.25) is 4.98 Å². The van der Waals surface area contributed by atoms with Crippen LogP contribution in [-0.2, 0) is 4.79 Å². The Bertz CT molecular complexity index is 416. The molecule has 0 amide bonds. The smallest absolute Gasteiger partial charge is 0.119 e. The lowest BCUT2D eigenvalue weighted by Crippen LogP contribution is -1.79. The second kappa shape index (κ2) is 11.2. The number of aromatic nitrogens is 1. The van der Waals surface area contributed by atoms with Crippen LogP contribution in [0.25, 0.3) is 10.9 Å². The zero-order valence-electron chi connectivity index (χ0n) is 12.4. The van der Waals surface area contributed by atoms with Crippen molar-refractivity contribution < 1.29 is 4.79 Å². The number of para-hydroxylation sites is 1. The van der Waals surface area contributed by atoms with Crippen LogP contribution in [0, 0.1) is 0 Å². The number of hydrogen-bond donors (Lipinski definition) is 0. The number of fused-ring (bicyclic) bond motifs is 1. The van der Waals surface area contributed by atoms with Crippen LogP contribution < -0.4 is 0 Å². The summed E-state index contributed by atoms with van der Waals surface area (Å²) in [6.45, 7) is 2.21. The average molecular weight is 271 g/mol. The van der Waals surface area contributed by atoms with E-state index < -0.39 is 0 Å². The van der Waals surface area contributed by atoms with E-state index in [-0.39, 0.29) is 0 Å². The fourth-order valence-electron chi connectivity index (χ4n) is 2.02. The fraction of sp³-hybridized carbons (Fsp3) is 0.444. The zero-order valence-corrected chi connectivity index (χ0v) is 12.4. The summed E-state index contributed by atoms with van der Waals surface area (Å²) < 4.78 is 0. The van der Waals surface area contributed by atoms with E-state index in [1.807, 2.05) is 30.5 Å². The van der Waals surface area contributed by atoms with E-state index in [1.54, 1.807) is 0 Å². The second-order valence-electron chi connectivity index (χ2n) is 4.92. The summed E-state index contributed by atoms with van der Waals surface area (Å²) in [5, 5.41) is 1.20. The van der Waals surface area contributed by atoms with Crippen LogP contribution in [0.2, 0.25) is 0 Å². The average Bonchev–Trinajstić information content (AvgIpc) is 2.52. The molecule has 0 fully saturated rings. The van der Waals surface area contributed by atoms with Gasteiger partial charge in [0.15, 0.2) is 0 Å². The summed E-state index contributed by atoms with van der Waals surface area (Å²) in [6.07, 6.45) is 11.2. The van der Waals surface area contributed by atoms with Gasteiger partial charge in [0.05, 0.1) is 5.52 Å². The summed E-state index contributed by atoms with van der Waals surface area (Å²) in [5.74, 6) is 0. The van der Waals surface area contributed by atoms with Crippen molar-refractivity contribution >= 4 is 17.2 Å². The predicted molar refractivity (Wildman–Crippen MR) is 85.8 cm³/mol. The van der Waals surface area contributed by atoms with Gasteiger partial charge < -0.3 is 4.79 Å². The molecule has 0 aliphatic heterocycles. The quantitative estimate of drug-likeness (QED) is 0.513. The van der Waals surface area contributed by atoms with Crippen LogP contribution >= 0.6 is 0 Å². The number of carbonyl (C=O) groups excluding carboxylic acids is 1.